The van der Waals surface area contributed by atoms with Crippen molar-refractivity contribution in [2.45, 2.75) is 71.1 Å². The molecular weight excluding hydrogens is 324 g/mol. The molecule has 144 valence electrons. The van der Waals surface area contributed by atoms with E-state index in [0.29, 0.717) is 6.61 Å². The third-order valence-corrected chi connectivity index (χ3v) is 3.83. The van der Waals surface area contributed by atoms with Crippen LogP contribution in [0.3, 0.4) is 0 Å². The zero-order valence-corrected chi connectivity index (χ0v) is 15.1. The predicted molar refractivity (Wildman–Crippen MR) is 97.3 cm³/mol. The van der Waals surface area contributed by atoms with Crippen LogP contribution < -0.4 is 0 Å². The van der Waals surface area contributed by atoms with E-state index in [1.54, 1.807) is 0 Å². The number of hydrogen-bond acceptors (Lipinski definition) is 5. The van der Waals surface area contributed by atoms with Crippen molar-refractivity contribution in [2.75, 3.05) is 6.61 Å². The van der Waals surface area contributed by atoms with Gasteiger partial charge in [0.1, 0.15) is 0 Å². The van der Waals surface area contributed by atoms with Crippen molar-refractivity contribution in [1.29, 1.82) is 0 Å². The van der Waals surface area contributed by atoms with Gasteiger partial charge in [0.25, 0.3) is 0 Å². The number of carboxylic acid groups (broad SMARTS) is 1. The fourth-order valence-electron chi connectivity index (χ4n) is 2.33. The Hall–Kier alpha value is -1.95. The number of phenols is 3. The van der Waals surface area contributed by atoms with Gasteiger partial charge in [0, 0.05) is 6.61 Å². The summed E-state index contributed by atoms with van der Waals surface area (Å²) in [6, 6.07) is 1.69. The smallest absolute Gasteiger partial charge is 0.335 e. The maximum atomic E-state index is 10.3. The van der Waals surface area contributed by atoms with Crippen molar-refractivity contribution in [3.05, 3.63) is 17.7 Å². The highest BCUT2D eigenvalue weighted by molar-refractivity contribution is 5.89. The first-order chi connectivity index (χ1) is 11.9. The number of hydrogen-bond donors (Lipinski definition) is 5. The van der Waals surface area contributed by atoms with Crippen molar-refractivity contribution in [1.82, 2.24) is 0 Å². The molecule has 0 fully saturated rings. The molecule has 0 saturated carbocycles. The minimum absolute atomic E-state index is 0.289. The molecule has 0 aromatic heterocycles. The summed E-state index contributed by atoms with van der Waals surface area (Å²) in [5.41, 5.74) is -0.289. The fraction of sp³-hybridized carbons (Fsp3) is 0.632. The molecule has 0 aliphatic carbocycles. The minimum atomic E-state index is -1.29. The summed E-state index contributed by atoms with van der Waals surface area (Å²) in [5, 5.41) is 43.5. The second-order valence-corrected chi connectivity index (χ2v) is 6.07. The van der Waals surface area contributed by atoms with Crippen molar-refractivity contribution in [3.8, 4) is 17.2 Å². The molecule has 0 aliphatic heterocycles. The normalized spacial score (nSPS) is 10.2. The molecule has 0 aliphatic rings. The van der Waals surface area contributed by atoms with E-state index in [0.717, 1.165) is 18.6 Å². The highest BCUT2D eigenvalue weighted by Gasteiger charge is 2.11. The van der Waals surface area contributed by atoms with E-state index in [1.807, 2.05) is 0 Å². The lowest BCUT2D eigenvalue weighted by atomic mass is 10.1. The number of carbonyl (C=O) groups is 1. The predicted octanol–water partition coefficient (Wildman–Crippen LogP) is 4.40. The number of carboxylic acids is 1. The molecule has 1 rings (SSSR count). The summed E-state index contributed by atoms with van der Waals surface area (Å²) in [6.45, 7) is 2.63. The van der Waals surface area contributed by atoms with Gasteiger partial charge in [-0.05, 0) is 18.6 Å². The van der Waals surface area contributed by atoms with Crippen LogP contribution >= 0.6 is 0 Å². The summed E-state index contributed by atoms with van der Waals surface area (Å²) in [7, 11) is 0. The molecule has 0 amide bonds. The molecule has 5 N–H and O–H groups in total. The van der Waals surface area contributed by atoms with Crippen LogP contribution in [0.15, 0.2) is 12.1 Å². The Bertz CT molecular complexity index is 454. The number of aliphatic hydroxyl groups is 1. The van der Waals surface area contributed by atoms with Gasteiger partial charge in [-0.3, -0.25) is 0 Å². The first-order valence-corrected chi connectivity index (χ1v) is 9.03. The number of unbranched alkanes of at least 4 members (excludes halogenated alkanes) is 9. The minimum Gasteiger partial charge on any atom is -0.504 e. The van der Waals surface area contributed by atoms with Crippen LogP contribution in [0, 0.1) is 0 Å². The Morgan fingerprint density at radius 3 is 1.56 bits per heavy atom. The van der Waals surface area contributed by atoms with Gasteiger partial charge in [-0.1, -0.05) is 64.7 Å². The second kappa shape index (κ2) is 14.4. The molecule has 0 atom stereocenters. The topological polar surface area (TPSA) is 118 Å². The Morgan fingerprint density at radius 1 is 0.800 bits per heavy atom. The van der Waals surface area contributed by atoms with E-state index in [2.05, 4.69) is 6.92 Å². The molecule has 6 heteroatoms. The first kappa shape index (κ1) is 23.1. The van der Waals surface area contributed by atoms with E-state index in [4.69, 9.17) is 25.5 Å². The maximum Gasteiger partial charge on any atom is 0.335 e. The number of aromatic carboxylic acids is 1. The Morgan fingerprint density at radius 2 is 1.20 bits per heavy atom. The van der Waals surface area contributed by atoms with Crippen LogP contribution in [0.1, 0.15) is 81.5 Å². The van der Waals surface area contributed by atoms with E-state index < -0.39 is 23.2 Å². The van der Waals surface area contributed by atoms with Gasteiger partial charge < -0.3 is 25.5 Å². The lowest BCUT2D eigenvalue weighted by Gasteiger charge is -2.01. The van der Waals surface area contributed by atoms with Crippen molar-refractivity contribution >= 4 is 5.97 Å². The molecule has 0 unspecified atom stereocenters. The zero-order chi connectivity index (χ0) is 19.1. The van der Waals surface area contributed by atoms with Crippen LogP contribution in [0.2, 0.25) is 0 Å². The molecule has 0 saturated heterocycles. The van der Waals surface area contributed by atoms with E-state index in [9.17, 15) is 4.79 Å². The lowest BCUT2D eigenvalue weighted by molar-refractivity contribution is 0.0696. The van der Waals surface area contributed by atoms with Gasteiger partial charge >= 0.3 is 5.97 Å². The highest BCUT2D eigenvalue weighted by Crippen LogP contribution is 2.35. The Labute approximate surface area is 149 Å². The van der Waals surface area contributed by atoms with Crippen LogP contribution in [0.5, 0.6) is 17.2 Å². The first-order valence-electron chi connectivity index (χ1n) is 9.03. The van der Waals surface area contributed by atoms with E-state index in [-0.39, 0.29) is 5.56 Å². The monoisotopic (exact) mass is 356 g/mol. The molecule has 6 nitrogen and oxygen atoms in total. The summed E-state index contributed by atoms with van der Waals surface area (Å²) >= 11 is 0. The molecule has 0 bridgehead atoms. The second-order valence-electron chi connectivity index (χ2n) is 6.07. The zero-order valence-electron chi connectivity index (χ0n) is 15.1. The van der Waals surface area contributed by atoms with Gasteiger partial charge in [-0.25, -0.2) is 4.79 Å². The summed E-state index contributed by atoms with van der Waals surface area (Å²) in [6.07, 6.45) is 13.3. The maximum absolute atomic E-state index is 10.3. The summed E-state index contributed by atoms with van der Waals surface area (Å²) in [4.78, 5) is 10.3. The lowest BCUT2D eigenvalue weighted by Crippen LogP contribution is -1.95. The molecule has 0 radical (unpaired) electrons. The summed E-state index contributed by atoms with van der Waals surface area (Å²) < 4.78 is 0. The molecule has 1 aromatic carbocycles. The van der Waals surface area contributed by atoms with Crippen LogP contribution in [-0.4, -0.2) is 38.1 Å². The number of aliphatic hydroxyl groups excluding tert-OH is 1. The van der Waals surface area contributed by atoms with Crippen LogP contribution in [0.25, 0.3) is 0 Å². The average Bonchev–Trinajstić information content (AvgIpc) is 2.58. The third-order valence-electron chi connectivity index (χ3n) is 3.83. The van der Waals surface area contributed by atoms with Gasteiger partial charge in [-0.15, -0.1) is 0 Å². The fourth-order valence-corrected chi connectivity index (χ4v) is 2.33. The summed E-state index contributed by atoms with van der Waals surface area (Å²) in [5.74, 6) is -3.33. The Balaban J connectivity index is 0.000000462. The SMILES string of the molecule is CCCCCCCCCCCCO.O=C(O)c1cc(O)c(O)c(O)c1. The number of aromatic hydroxyl groups is 3. The van der Waals surface area contributed by atoms with Gasteiger partial charge in [0.05, 0.1) is 5.56 Å². The van der Waals surface area contributed by atoms with Crippen molar-refractivity contribution in [3.63, 3.8) is 0 Å². The van der Waals surface area contributed by atoms with Crippen LogP contribution in [0.4, 0.5) is 0 Å². The van der Waals surface area contributed by atoms with Gasteiger partial charge in [-0.2, -0.15) is 0 Å². The van der Waals surface area contributed by atoms with E-state index in [1.165, 1.54) is 57.8 Å². The average molecular weight is 356 g/mol. The molecule has 25 heavy (non-hydrogen) atoms. The Kier molecular flexibility index (Phi) is 13.3. The van der Waals surface area contributed by atoms with Gasteiger partial charge in [0.2, 0.25) is 0 Å². The third kappa shape index (κ3) is 11.3. The standard InChI is InChI=1S/C12H26O.C7H6O5/c1-2-3-4-5-6-7-8-9-10-11-12-13;8-4-1-3(7(11)12)2-5(9)6(4)10/h13H,2-12H2,1H3;1-2,8-10H,(H,11,12). The highest BCUT2D eigenvalue weighted by atomic mass is 16.4. The van der Waals surface area contributed by atoms with Gasteiger partial charge in [0.15, 0.2) is 17.2 Å². The number of benzene rings is 1. The largest absolute Gasteiger partial charge is 0.504 e. The molecule has 0 spiro atoms. The number of phenolic OH excluding ortho intramolecular Hbond substituents is 3. The molecular formula is C19H32O6. The van der Waals surface area contributed by atoms with Crippen molar-refractivity contribution < 1.29 is 30.3 Å². The quantitative estimate of drug-likeness (QED) is 0.296. The molecule has 1 aromatic rings. The number of rotatable bonds is 11. The van der Waals surface area contributed by atoms with Crippen molar-refractivity contribution in [2.24, 2.45) is 0 Å². The van der Waals surface area contributed by atoms with E-state index >= 15 is 0 Å². The van der Waals surface area contributed by atoms with Crippen LogP contribution in [-0.2, 0) is 0 Å². The molecule has 0 heterocycles.